The molecule has 0 aliphatic carbocycles. The standard InChI is InChI=1S/C13H17N5O4/c1-15-5-13(11(21)10(20)8(4-19)22-13)9-3-2-7-12(14)16-6-17-18(7)9/h2-3,5-6,8,10-11,19-21H,4H2,1H3,(H2,14,16,17)/b15-5-/t8-,10-,11-,13+/m1/s1. The molecule has 0 radical (unpaired) electrons. The minimum atomic E-state index is -1.44. The number of aliphatic hydroxyl groups is 3. The van der Waals surface area contributed by atoms with Gasteiger partial charge in [0.05, 0.1) is 12.3 Å². The maximum Gasteiger partial charge on any atom is 0.173 e. The fraction of sp³-hybridized carbons (Fsp3) is 0.462. The average molecular weight is 307 g/mol. The Morgan fingerprint density at radius 1 is 1.50 bits per heavy atom. The molecule has 22 heavy (non-hydrogen) atoms. The van der Waals surface area contributed by atoms with E-state index in [1.165, 1.54) is 24.1 Å². The first kappa shape index (κ1) is 14.9. The van der Waals surface area contributed by atoms with Crippen LogP contribution < -0.4 is 5.73 Å². The summed E-state index contributed by atoms with van der Waals surface area (Å²) in [6.45, 7) is -0.433. The second-order valence-electron chi connectivity index (χ2n) is 5.12. The predicted molar refractivity (Wildman–Crippen MR) is 77.5 cm³/mol. The summed E-state index contributed by atoms with van der Waals surface area (Å²) in [4.78, 5) is 7.84. The molecule has 9 heteroatoms. The van der Waals surface area contributed by atoms with Crippen molar-refractivity contribution in [3.05, 3.63) is 24.2 Å². The minimum Gasteiger partial charge on any atom is -0.394 e. The van der Waals surface area contributed by atoms with Crippen LogP contribution in [0.4, 0.5) is 5.82 Å². The number of nitrogens with two attached hydrogens (primary N) is 1. The van der Waals surface area contributed by atoms with Gasteiger partial charge in [0.25, 0.3) is 0 Å². The number of aliphatic imine (C=N–C) groups is 1. The zero-order valence-electron chi connectivity index (χ0n) is 11.9. The number of aromatic nitrogens is 3. The van der Waals surface area contributed by atoms with Crippen LogP contribution >= 0.6 is 0 Å². The number of hydrogen-bond acceptors (Lipinski definition) is 8. The Hall–Kier alpha value is -2.07. The van der Waals surface area contributed by atoms with Gasteiger partial charge >= 0.3 is 0 Å². The molecule has 3 heterocycles. The second-order valence-corrected chi connectivity index (χ2v) is 5.12. The first-order valence-corrected chi connectivity index (χ1v) is 6.72. The molecule has 3 rings (SSSR count). The maximum atomic E-state index is 10.5. The van der Waals surface area contributed by atoms with E-state index < -0.39 is 30.5 Å². The zero-order chi connectivity index (χ0) is 15.9. The van der Waals surface area contributed by atoms with Crippen molar-refractivity contribution in [1.82, 2.24) is 14.6 Å². The number of fused-ring (bicyclic) bond motifs is 1. The van der Waals surface area contributed by atoms with Gasteiger partial charge in [-0.25, -0.2) is 9.50 Å². The lowest BCUT2D eigenvalue weighted by Crippen LogP contribution is -2.43. The van der Waals surface area contributed by atoms with Crippen molar-refractivity contribution in [1.29, 1.82) is 0 Å². The van der Waals surface area contributed by atoms with Gasteiger partial charge in [0.1, 0.15) is 30.2 Å². The smallest absolute Gasteiger partial charge is 0.173 e. The lowest BCUT2D eigenvalue weighted by atomic mass is 9.92. The molecule has 1 fully saturated rings. The van der Waals surface area contributed by atoms with Crippen LogP contribution in [0.25, 0.3) is 5.52 Å². The summed E-state index contributed by atoms with van der Waals surface area (Å²) in [6, 6.07) is 3.35. The van der Waals surface area contributed by atoms with Gasteiger partial charge in [0, 0.05) is 13.3 Å². The third kappa shape index (κ3) is 1.91. The number of nitrogen functional groups attached to an aromatic ring is 1. The van der Waals surface area contributed by atoms with Crippen LogP contribution in [0.2, 0.25) is 0 Å². The van der Waals surface area contributed by atoms with Crippen LogP contribution in [-0.4, -0.2) is 68.1 Å². The molecular weight excluding hydrogens is 290 g/mol. The predicted octanol–water partition coefficient (Wildman–Crippen LogP) is -1.68. The molecule has 1 aliphatic rings. The molecular formula is C13H17N5O4. The summed E-state index contributed by atoms with van der Waals surface area (Å²) in [6.07, 6.45) is -0.839. The fourth-order valence-corrected chi connectivity index (χ4v) is 2.82. The number of anilines is 1. The maximum absolute atomic E-state index is 10.5. The largest absolute Gasteiger partial charge is 0.394 e. The monoisotopic (exact) mass is 307 g/mol. The molecule has 9 nitrogen and oxygen atoms in total. The van der Waals surface area contributed by atoms with Crippen molar-refractivity contribution >= 4 is 17.5 Å². The Bertz CT molecular complexity index is 718. The van der Waals surface area contributed by atoms with Crippen molar-refractivity contribution in [3.8, 4) is 0 Å². The number of rotatable bonds is 3. The SMILES string of the molecule is C/N=C\[C@@]1(c2ccc3c(N)ncnn23)O[C@H](CO)[C@@H](O)[C@H]1O. The minimum absolute atomic E-state index is 0.275. The molecule has 0 aromatic carbocycles. The first-order valence-electron chi connectivity index (χ1n) is 6.72. The molecule has 0 unspecified atom stereocenters. The summed E-state index contributed by atoms with van der Waals surface area (Å²) in [5.41, 5.74) is 5.34. The average Bonchev–Trinajstić information content (AvgIpc) is 3.04. The molecule has 1 saturated heterocycles. The summed E-state index contributed by atoms with van der Waals surface area (Å²) in [7, 11) is 1.52. The molecule has 5 N–H and O–H groups in total. The van der Waals surface area contributed by atoms with E-state index in [4.69, 9.17) is 10.5 Å². The summed E-state index contributed by atoms with van der Waals surface area (Å²) >= 11 is 0. The Morgan fingerprint density at radius 3 is 2.91 bits per heavy atom. The lowest BCUT2D eigenvalue weighted by molar-refractivity contribution is -0.0536. The van der Waals surface area contributed by atoms with Crippen LogP contribution in [0.5, 0.6) is 0 Å². The van der Waals surface area contributed by atoms with Crippen LogP contribution in [-0.2, 0) is 10.3 Å². The summed E-state index contributed by atoms with van der Waals surface area (Å²) < 4.78 is 7.21. The molecule has 0 saturated carbocycles. The Morgan fingerprint density at radius 2 is 2.27 bits per heavy atom. The van der Waals surface area contributed by atoms with E-state index in [0.717, 1.165) is 0 Å². The first-order chi connectivity index (χ1) is 10.5. The normalized spacial score (nSPS) is 32.3. The molecule has 4 atom stereocenters. The van der Waals surface area contributed by atoms with E-state index in [-0.39, 0.29) is 5.82 Å². The number of hydrogen-bond donors (Lipinski definition) is 4. The second kappa shape index (κ2) is 5.29. The Balaban J connectivity index is 2.21. The van der Waals surface area contributed by atoms with Crippen molar-refractivity contribution in [3.63, 3.8) is 0 Å². The molecule has 2 aromatic heterocycles. The van der Waals surface area contributed by atoms with Crippen molar-refractivity contribution in [2.45, 2.75) is 23.9 Å². The topological polar surface area (TPSA) is 138 Å². The highest BCUT2D eigenvalue weighted by Crippen LogP contribution is 2.39. The molecule has 0 spiro atoms. The van der Waals surface area contributed by atoms with Crippen LogP contribution in [0.3, 0.4) is 0 Å². The van der Waals surface area contributed by atoms with Crippen LogP contribution in [0.15, 0.2) is 23.5 Å². The Kier molecular flexibility index (Phi) is 3.57. The molecule has 1 aliphatic heterocycles. The highest BCUT2D eigenvalue weighted by Gasteiger charge is 2.55. The number of nitrogens with zero attached hydrogens (tertiary/aromatic N) is 4. The van der Waals surface area contributed by atoms with Crippen molar-refractivity contribution in [2.24, 2.45) is 4.99 Å². The molecule has 0 bridgehead atoms. The lowest BCUT2D eigenvalue weighted by Gasteiger charge is -2.27. The Labute approximate surface area is 125 Å². The van der Waals surface area contributed by atoms with E-state index in [0.29, 0.717) is 11.2 Å². The van der Waals surface area contributed by atoms with Gasteiger partial charge in [-0.2, -0.15) is 5.10 Å². The quantitative estimate of drug-likeness (QED) is 0.497. The van der Waals surface area contributed by atoms with Crippen molar-refractivity contribution in [2.75, 3.05) is 19.4 Å². The van der Waals surface area contributed by atoms with E-state index in [9.17, 15) is 15.3 Å². The number of ether oxygens (including phenoxy) is 1. The van der Waals surface area contributed by atoms with Gasteiger partial charge in [0.2, 0.25) is 0 Å². The number of aliphatic hydroxyl groups excluding tert-OH is 3. The van der Waals surface area contributed by atoms with E-state index in [2.05, 4.69) is 15.1 Å². The molecule has 2 aromatic rings. The third-order valence-corrected chi connectivity index (χ3v) is 3.87. The third-order valence-electron chi connectivity index (χ3n) is 3.87. The van der Waals surface area contributed by atoms with Crippen LogP contribution in [0.1, 0.15) is 5.69 Å². The highest BCUT2D eigenvalue weighted by molar-refractivity contribution is 5.75. The molecule has 118 valence electrons. The van der Waals surface area contributed by atoms with E-state index >= 15 is 0 Å². The zero-order valence-corrected chi connectivity index (χ0v) is 11.9. The van der Waals surface area contributed by atoms with E-state index in [1.54, 1.807) is 12.1 Å². The van der Waals surface area contributed by atoms with Gasteiger partial charge in [0.15, 0.2) is 11.4 Å². The summed E-state index contributed by atoms with van der Waals surface area (Å²) in [5.74, 6) is 0.275. The van der Waals surface area contributed by atoms with Crippen LogP contribution in [0, 0.1) is 0 Å². The summed E-state index contributed by atoms with van der Waals surface area (Å²) in [5, 5.41) is 34.0. The van der Waals surface area contributed by atoms with Gasteiger partial charge in [-0.3, -0.25) is 4.99 Å². The highest BCUT2D eigenvalue weighted by atomic mass is 16.6. The van der Waals surface area contributed by atoms with Gasteiger partial charge in [-0.05, 0) is 12.1 Å². The fourth-order valence-electron chi connectivity index (χ4n) is 2.82. The van der Waals surface area contributed by atoms with E-state index in [1.807, 2.05) is 0 Å². The van der Waals surface area contributed by atoms with Crippen molar-refractivity contribution < 1.29 is 20.1 Å². The van der Waals surface area contributed by atoms with Gasteiger partial charge in [-0.15, -0.1) is 0 Å². The van der Waals surface area contributed by atoms with Gasteiger partial charge in [-0.1, -0.05) is 0 Å². The molecule has 0 amide bonds. The van der Waals surface area contributed by atoms with Gasteiger partial charge < -0.3 is 25.8 Å².